The van der Waals surface area contributed by atoms with Crippen molar-refractivity contribution in [3.05, 3.63) is 0 Å². The van der Waals surface area contributed by atoms with Crippen LogP contribution in [-0.2, 0) is 14.8 Å². The van der Waals surface area contributed by atoms with Gasteiger partial charge in [0.1, 0.15) is 0 Å². The van der Waals surface area contributed by atoms with E-state index in [1.165, 1.54) is 0 Å². The number of hydrogen-bond acceptors (Lipinski definition) is 3. The zero-order chi connectivity index (χ0) is 7.61. The second-order valence-corrected chi connectivity index (χ2v) is 4.25. The first-order chi connectivity index (χ1) is 4.61. The third-order valence-corrected chi connectivity index (χ3v) is 2.59. The minimum atomic E-state index is -3.13. The van der Waals surface area contributed by atoms with Crippen molar-refractivity contribution in [3.63, 3.8) is 0 Å². The molecule has 4 nitrogen and oxygen atoms in total. The topological polar surface area (TPSA) is 72.7 Å². The van der Waals surface area contributed by atoms with Gasteiger partial charge in [-0.2, -0.15) is 0 Å². The highest BCUT2D eigenvalue weighted by Crippen LogP contribution is 2.25. The monoisotopic (exact) mass is 165 g/mol. The number of rotatable bonds is 1. The summed E-state index contributed by atoms with van der Waals surface area (Å²) in [6.45, 7) is 2.00. The molecule has 0 aromatic carbocycles. The Morgan fingerprint density at radius 2 is 1.70 bits per heavy atom. The second-order valence-electron chi connectivity index (χ2n) is 2.40. The van der Waals surface area contributed by atoms with Crippen LogP contribution >= 0.6 is 0 Å². The van der Waals surface area contributed by atoms with E-state index < -0.39 is 10.0 Å². The van der Waals surface area contributed by atoms with Crippen LogP contribution in [0.5, 0.6) is 0 Å². The Morgan fingerprint density at radius 1 is 1.30 bits per heavy atom. The number of sulfonamides is 1. The SMILES string of the molecule is C1CO1.NS(=O)(=O)C1CC1. The van der Waals surface area contributed by atoms with E-state index in [0.29, 0.717) is 0 Å². The van der Waals surface area contributed by atoms with Crippen molar-refractivity contribution in [2.75, 3.05) is 13.2 Å². The van der Waals surface area contributed by atoms with Gasteiger partial charge < -0.3 is 4.74 Å². The van der Waals surface area contributed by atoms with E-state index in [0.717, 1.165) is 26.1 Å². The minimum absolute atomic E-state index is 0.201. The van der Waals surface area contributed by atoms with Crippen LogP contribution in [0.2, 0.25) is 0 Å². The Hall–Kier alpha value is -0.130. The third-order valence-electron chi connectivity index (χ3n) is 1.19. The van der Waals surface area contributed by atoms with Gasteiger partial charge in [0.15, 0.2) is 0 Å². The Balaban J connectivity index is 0.000000138. The van der Waals surface area contributed by atoms with Crippen molar-refractivity contribution < 1.29 is 13.2 Å². The van der Waals surface area contributed by atoms with E-state index >= 15 is 0 Å². The van der Waals surface area contributed by atoms with Gasteiger partial charge in [-0.3, -0.25) is 0 Å². The predicted octanol–water partition coefficient (Wildman–Crippen LogP) is -0.546. The van der Waals surface area contributed by atoms with Crippen LogP contribution in [0, 0.1) is 0 Å². The van der Waals surface area contributed by atoms with E-state index in [9.17, 15) is 8.42 Å². The van der Waals surface area contributed by atoms with E-state index in [1.807, 2.05) is 0 Å². The average molecular weight is 165 g/mol. The molecule has 1 saturated carbocycles. The maximum Gasteiger partial charge on any atom is 0.211 e. The molecule has 1 heterocycles. The standard InChI is InChI=1S/C3H7NO2S.C2H4O/c4-7(5,6)3-1-2-3;1-2-3-1/h3H,1-2H2,(H2,4,5,6);1-2H2. The molecule has 5 heteroatoms. The van der Waals surface area contributed by atoms with E-state index in [2.05, 4.69) is 4.74 Å². The Bertz CT molecular complexity index is 190. The third kappa shape index (κ3) is 3.81. The highest BCUT2D eigenvalue weighted by atomic mass is 32.2. The first-order valence-electron chi connectivity index (χ1n) is 3.20. The van der Waals surface area contributed by atoms with Crippen LogP contribution in [0.4, 0.5) is 0 Å². The van der Waals surface area contributed by atoms with Crippen LogP contribution < -0.4 is 5.14 Å². The lowest BCUT2D eigenvalue weighted by molar-refractivity contribution is 0.475. The van der Waals surface area contributed by atoms with Crippen molar-refractivity contribution >= 4 is 10.0 Å². The van der Waals surface area contributed by atoms with Crippen molar-refractivity contribution in [1.29, 1.82) is 0 Å². The normalized spacial score (nSPS) is 22.9. The quantitative estimate of drug-likeness (QED) is 0.530. The fourth-order valence-corrected chi connectivity index (χ4v) is 1.19. The first kappa shape index (κ1) is 7.97. The summed E-state index contributed by atoms with van der Waals surface area (Å²) in [5, 5.41) is 4.51. The van der Waals surface area contributed by atoms with Gasteiger partial charge in [0.25, 0.3) is 0 Å². The Morgan fingerprint density at radius 3 is 1.70 bits per heavy atom. The molecule has 1 saturated heterocycles. The van der Waals surface area contributed by atoms with Gasteiger partial charge in [0, 0.05) is 0 Å². The molecule has 0 amide bonds. The Labute approximate surface area is 60.4 Å². The lowest BCUT2D eigenvalue weighted by atomic mass is 11.0. The smallest absolute Gasteiger partial charge is 0.211 e. The number of hydrogen-bond donors (Lipinski definition) is 1. The fourth-order valence-electron chi connectivity index (χ4n) is 0.397. The molecular weight excluding hydrogens is 154 g/mol. The molecule has 0 atom stereocenters. The molecule has 0 spiro atoms. The molecule has 0 unspecified atom stereocenters. The number of ether oxygens (including phenoxy) is 1. The van der Waals surface area contributed by atoms with E-state index in [1.54, 1.807) is 0 Å². The van der Waals surface area contributed by atoms with Crippen molar-refractivity contribution in [3.8, 4) is 0 Å². The second kappa shape index (κ2) is 2.86. The fraction of sp³-hybridized carbons (Fsp3) is 1.00. The summed E-state index contributed by atoms with van der Waals surface area (Å²) in [7, 11) is -3.13. The molecule has 0 radical (unpaired) electrons. The molecule has 2 N–H and O–H groups in total. The molecule has 0 bridgehead atoms. The lowest BCUT2D eigenvalue weighted by Gasteiger charge is -1.84. The van der Waals surface area contributed by atoms with Crippen molar-refractivity contribution in [2.24, 2.45) is 5.14 Å². The van der Waals surface area contributed by atoms with Gasteiger partial charge in [-0.1, -0.05) is 0 Å². The molecule has 2 rings (SSSR count). The van der Waals surface area contributed by atoms with Crippen LogP contribution in [-0.4, -0.2) is 26.9 Å². The molecule has 1 aliphatic carbocycles. The summed E-state index contributed by atoms with van der Waals surface area (Å²) in [6.07, 6.45) is 1.53. The van der Waals surface area contributed by atoms with Gasteiger partial charge in [-0.25, -0.2) is 13.6 Å². The highest BCUT2D eigenvalue weighted by Gasteiger charge is 2.32. The summed E-state index contributed by atoms with van der Waals surface area (Å²) >= 11 is 0. The molecule has 2 aliphatic rings. The van der Waals surface area contributed by atoms with Gasteiger partial charge in [-0.05, 0) is 12.8 Å². The minimum Gasteiger partial charge on any atom is -0.377 e. The molecule has 2 fully saturated rings. The summed E-state index contributed by atoms with van der Waals surface area (Å²) in [5.41, 5.74) is 0. The summed E-state index contributed by atoms with van der Waals surface area (Å²) in [6, 6.07) is 0. The number of nitrogens with two attached hydrogens (primary N) is 1. The molecule has 60 valence electrons. The van der Waals surface area contributed by atoms with Gasteiger partial charge >= 0.3 is 0 Å². The number of primary sulfonamides is 1. The van der Waals surface area contributed by atoms with Crippen LogP contribution in [0.25, 0.3) is 0 Å². The highest BCUT2D eigenvalue weighted by molar-refractivity contribution is 7.90. The van der Waals surface area contributed by atoms with Gasteiger partial charge in [0.05, 0.1) is 18.5 Å². The van der Waals surface area contributed by atoms with Crippen molar-refractivity contribution in [2.45, 2.75) is 18.1 Å². The predicted molar refractivity (Wildman–Crippen MR) is 36.9 cm³/mol. The maximum absolute atomic E-state index is 10.2. The molecule has 1 aliphatic heterocycles. The van der Waals surface area contributed by atoms with E-state index in [4.69, 9.17) is 5.14 Å². The van der Waals surface area contributed by atoms with Gasteiger partial charge in [0.2, 0.25) is 10.0 Å². The van der Waals surface area contributed by atoms with Crippen LogP contribution in [0.1, 0.15) is 12.8 Å². The zero-order valence-electron chi connectivity index (χ0n) is 5.62. The lowest BCUT2D eigenvalue weighted by Crippen LogP contribution is -2.16. The van der Waals surface area contributed by atoms with Gasteiger partial charge in [-0.15, -0.1) is 0 Å². The summed E-state index contributed by atoms with van der Waals surface area (Å²) in [5.74, 6) is 0. The molecule has 0 aromatic heterocycles. The van der Waals surface area contributed by atoms with Crippen LogP contribution in [0.3, 0.4) is 0 Å². The molecule has 0 aromatic rings. The molecular formula is C5H11NO3S. The zero-order valence-corrected chi connectivity index (χ0v) is 6.43. The number of epoxide rings is 1. The van der Waals surface area contributed by atoms with Crippen LogP contribution in [0.15, 0.2) is 0 Å². The average Bonchev–Trinajstić information content (AvgIpc) is 2.60. The Kier molecular flexibility index (Phi) is 2.28. The summed E-state index contributed by atoms with van der Waals surface area (Å²) < 4.78 is 24.8. The summed E-state index contributed by atoms with van der Waals surface area (Å²) in [4.78, 5) is 0. The molecule has 10 heavy (non-hydrogen) atoms. The van der Waals surface area contributed by atoms with E-state index in [-0.39, 0.29) is 5.25 Å². The first-order valence-corrected chi connectivity index (χ1v) is 4.81. The van der Waals surface area contributed by atoms with Crippen molar-refractivity contribution in [1.82, 2.24) is 0 Å². The maximum atomic E-state index is 10.2. The largest absolute Gasteiger partial charge is 0.377 e.